The maximum Gasteiger partial charge on any atom is 0.0940 e. The molecule has 0 aromatic heterocycles. The van der Waals surface area contributed by atoms with E-state index in [-0.39, 0.29) is 0 Å². The Morgan fingerprint density at radius 2 is 1.88 bits per heavy atom. The molecule has 0 amide bonds. The summed E-state index contributed by atoms with van der Waals surface area (Å²) in [6.07, 6.45) is 5.34. The van der Waals surface area contributed by atoms with E-state index in [1.807, 2.05) is 0 Å². The molecule has 0 radical (unpaired) electrons. The van der Waals surface area contributed by atoms with Crippen molar-refractivity contribution < 1.29 is 0 Å². The number of piperazine rings is 1. The van der Waals surface area contributed by atoms with E-state index in [4.69, 9.17) is 0 Å². The number of benzene rings is 1. The fourth-order valence-electron chi connectivity index (χ4n) is 4.42. The second-order valence-electron chi connectivity index (χ2n) is 8.42. The van der Waals surface area contributed by atoms with Gasteiger partial charge in [-0.15, -0.1) is 0 Å². The molecule has 2 saturated heterocycles. The first-order valence-electron chi connectivity index (χ1n) is 10.4. The van der Waals surface area contributed by atoms with E-state index in [9.17, 15) is 0 Å². The fourth-order valence-corrected chi connectivity index (χ4v) is 4.42. The number of hydrogen-bond donors (Lipinski definition) is 1. The van der Waals surface area contributed by atoms with Crippen molar-refractivity contribution in [2.75, 3.05) is 50.7 Å². The van der Waals surface area contributed by atoms with Crippen LogP contribution in [0.15, 0.2) is 36.7 Å². The number of anilines is 1. The van der Waals surface area contributed by atoms with Crippen LogP contribution in [0, 0.1) is 12.8 Å². The van der Waals surface area contributed by atoms with Crippen molar-refractivity contribution in [3.8, 4) is 0 Å². The van der Waals surface area contributed by atoms with E-state index in [2.05, 4.69) is 57.8 Å². The van der Waals surface area contributed by atoms with Crippen LogP contribution < -0.4 is 10.2 Å². The van der Waals surface area contributed by atoms with E-state index in [0.717, 1.165) is 24.8 Å². The van der Waals surface area contributed by atoms with Gasteiger partial charge in [-0.25, -0.2) is 0 Å². The summed E-state index contributed by atoms with van der Waals surface area (Å²) in [5.41, 5.74) is 2.75. The van der Waals surface area contributed by atoms with Crippen molar-refractivity contribution in [3.05, 3.63) is 42.2 Å². The van der Waals surface area contributed by atoms with Gasteiger partial charge in [-0.2, -0.15) is 0 Å². The summed E-state index contributed by atoms with van der Waals surface area (Å²) in [5, 5.41) is 3.63. The zero-order chi connectivity index (χ0) is 17.9. The molecule has 3 aliphatic rings. The van der Waals surface area contributed by atoms with Crippen LogP contribution in [-0.2, 0) is 0 Å². The lowest BCUT2D eigenvalue weighted by atomic mass is 9.78. The summed E-state index contributed by atoms with van der Waals surface area (Å²) < 4.78 is 0. The highest BCUT2D eigenvalue weighted by Gasteiger charge is 2.31. The van der Waals surface area contributed by atoms with Crippen LogP contribution in [0.1, 0.15) is 31.2 Å². The number of likely N-dealkylation sites (tertiary alicyclic amines) is 1. The molecule has 4 nitrogen and oxygen atoms in total. The van der Waals surface area contributed by atoms with Crippen molar-refractivity contribution in [2.24, 2.45) is 5.92 Å². The predicted octanol–water partition coefficient (Wildman–Crippen LogP) is 3.05. The summed E-state index contributed by atoms with van der Waals surface area (Å²) >= 11 is 0. The van der Waals surface area contributed by atoms with Crippen LogP contribution >= 0.6 is 0 Å². The van der Waals surface area contributed by atoms with Gasteiger partial charge in [0.05, 0.1) is 5.82 Å². The summed E-state index contributed by atoms with van der Waals surface area (Å²) in [7, 11) is 0. The van der Waals surface area contributed by atoms with Crippen molar-refractivity contribution in [1.82, 2.24) is 15.1 Å². The molecule has 3 fully saturated rings. The minimum absolute atomic E-state index is 0.672. The van der Waals surface area contributed by atoms with Gasteiger partial charge in [0, 0.05) is 51.0 Å². The molecular formula is C22H34N4. The Bertz CT molecular complexity index is 610. The van der Waals surface area contributed by atoms with E-state index >= 15 is 0 Å². The van der Waals surface area contributed by atoms with Gasteiger partial charge in [0.15, 0.2) is 0 Å². The second-order valence-corrected chi connectivity index (χ2v) is 8.42. The minimum atomic E-state index is 0.672. The van der Waals surface area contributed by atoms with Gasteiger partial charge in [-0.1, -0.05) is 18.7 Å². The topological polar surface area (TPSA) is 21.8 Å². The van der Waals surface area contributed by atoms with Crippen molar-refractivity contribution in [3.63, 3.8) is 0 Å². The van der Waals surface area contributed by atoms with Crippen LogP contribution in [0.4, 0.5) is 5.69 Å². The Balaban J connectivity index is 1.11. The highest BCUT2D eigenvalue weighted by atomic mass is 15.3. The zero-order valence-electron chi connectivity index (χ0n) is 16.3. The lowest BCUT2D eigenvalue weighted by Gasteiger charge is -2.43. The first-order valence-corrected chi connectivity index (χ1v) is 10.4. The Labute approximate surface area is 158 Å². The maximum atomic E-state index is 4.18. The normalized spacial score (nSPS) is 26.2. The largest absolute Gasteiger partial charge is 0.369 e. The molecule has 4 heteroatoms. The quantitative estimate of drug-likeness (QED) is 0.812. The molecule has 1 aromatic carbocycles. The van der Waals surface area contributed by atoms with Gasteiger partial charge in [0.2, 0.25) is 0 Å². The molecule has 1 aromatic rings. The van der Waals surface area contributed by atoms with Gasteiger partial charge in [-0.05, 0) is 62.8 Å². The highest BCUT2D eigenvalue weighted by molar-refractivity contribution is 5.48. The smallest absolute Gasteiger partial charge is 0.0940 e. The fraction of sp³-hybridized carbons (Fsp3) is 0.636. The zero-order valence-corrected chi connectivity index (χ0v) is 16.3. The molecule has 4 rings (SSSR count). The SMILES string of the molecule is C=C(NC1CC(CCN2CCN(c3cccc(C)c3)CC2)C1)N1CCC1. The molecule has 26 heavy (non-hydrogen) atoms. The summed E-state index contributed by atoms with van der Waals surface area (Å²) in [4.78, 5) is 7.56. The Hall–Kier alpha value is -1.68. The van der Waals surface area contributed by atoms with E-state index < -0.39 is 0 Å². The van der Waals surface area contributed by atoms with Crippen LogP contribution in [0.3, 0.4) is 0 Å². The molecule has 2 heterocycles. The molecular weight excluding hydrogens is 320 g/mol. The number of nitrogens with one attached hydrogen (secondary N) is 1. The number of nitrogens with zero attached hydrogens (tertiary/aromatic N) is 3. The van der Waals surface area contributed by atoms with Gasteiger partial charge >= 0.3 is 0 Å². The van der Waals surface area contributed by atoms with Crippen LogP contribution in [0.5, 0.6) is 0 Å². The molecule has 2 aliphatic heterocycles. The highest BCUT2D eigenvalue weighted by Crippen LogP contribution is 2.31. The van der Waals surface area contributed by atoms with Crippen LogP contribution in [0.2, 0.25) is 0 Å². The Kier molecular flexibility index (Phi) is 5.39. The van der Waals surface area contributed by atoms with E-state index in [0.29, 0.717) is 6.04 Å². The van der Waals surface area contributed by atoms with Gasteiger partial charge in [0.25, 0.3) is 0 Å². The third kappa shape index (κ3) is 4.17. The Morgan fingerprint density at radius 3 is 2.54 bits per heavy atom. The first kappa shape index (κ1) is 17.7. The van der Waals surface area contributed by atoms with Crippen LogP contribution in [-0.4, -0.2) is 61.7 Å². The van der Waals surface area contributed by atoms with Crippen molar-refractivity contribution >= 4 is 5.69 Å². The van der Waals surface area contributed by atoms with E-state index in [1.165, 1.54) is 69.7 Å². The van der Waals surface area contributed by atoms with Gasteiger partial charge < -0.3 is 15.1 Å². The predicted molar refractivity (Wildman–Crippen MR) is 109 cm³/mol. The maximum absolute atomic E-state index is 4.18. The molecule has 142 valence electrons. The molecule has 0 bridgehead atoms. The molecule has 0 unspecified atom stereocenters. The molecule has 1 aliphatic carbocycles. The standard InChI is InChI=1S/C22H34N4/c1-18-5-3-6-22(15-18)26-13-11-24(12-14-26)10-7-20-16-21(17-20)23-19(2)25-8-4-9-25/h3,5-6,15,20-21,23H,2,4,7-14,16-17H2,1H3. The van der Waals surface area contributed by atoms with Crippen LogP contribution in [0.25, 0.3) is 0 Å². The van der Waals surface area contributed by atoms with Crippen molar-refractivity contribution in [1.29, 1.82) is 0 Å². The molecule has 0 spiro atoms. The molecule has 1 N–H and O–H groups in total. The third-order valence-electron chi connectivity index (χ3n) is 6.44. The van der Waals surface area contributed by atoms with Gasteiger partial charge in [0.1, 0.15) is 0 Å². The average Bonchev–Trinajstić information content (AvgIpc) is 2.55. The monoisotopic (exact) mass is 354 g/mol. The summed E-state index contributed by atoms with van der Waals surface area (Å²) in [5.74, 6) is 2.07. The number of rotatable bonds is 7. The minimum Gasteiger partial charge on any atom is -0.369 e. The lowest BCUT2D eigenvalue weighted by molar-refractivity contribution is 0.154. The van der Waals surface area contributed by atoms with Gasteiger partial charge in [-0.3, -0.25) is 4.90 Å². The molecule has 0 atom stereocenters. The first-order chi connectivity index (χ1) is 12.7. The van der Waals surface area contributed by atoms with Crippen molar-refractivity contribution in [2.45, 2.75) is 38.6 Å². The lowest BCUT2D eigenvalue weighted by Crippen LogP contribution is -2.49. The summed E-state index contributed by atoms with van der Waals surface area (Å²) in [6.45, 7) is 14.7. The van der Waals surface area contributed by atoms with E-state index in [1.54, 1.807) is 0 Å². The third-order valence-corrected chi connectivity index (χ3v) is 6.44. The average molecular weight is 355 g/mol. The summed E-state index contributed by atoms with van der Waals surface area (Å²) in [6, 6.07) is 9.59. The number of aryl methyl sites for hydroxylation is 1. The Morgan fingerprint density at radius 1 is 1.12 bits per heavy atom. The second kappa shape index (κ2) is 7.91. The number of hydrogen-bond acceptors (Lipinski definition) is 4. The molecule has 1 saturated carbocycles.